The summed E-state index contributed by atoms with van der Waals surface area (Å²) in [4.78, 5) is 12.2. The zero-order valence-electron chi connectivity index (χ0n) is 11.8. The molecule has 0 saturated carbocycles. The number of hydrogen-bond acceptors (Lipinski definition) is 3. The van der Waals surface area contributed by atoms with E-state index in [1.165, 1.54) is 0 Å². The van der Waals surface area contributed by atoms with E-state index in [4.69, 9.17) is 5.73 Å². The first-order valence-corrected chi connectivity index (χ1v) is 6.62. The SMILES string of the molecule is Cc1cnn(CCNC(=O)C(C)(N)c2ccccc2)c1. The summed E-state index contributed by atoms with van der Waals surface area (Å²) in [6.45, 7) is 4.83. The Morgan fingerprint density at radius 1 is 1.40 bits per heavy atom. The van der Waals surface area contributed by atoms with Crippen LogP contribution in [0.15, 0.2) is 42.7 Å². The highest BCUT2D eigenvalue weighted by atomic mass is 16.2. The number of nitrogens with two attached hydrogens (primary N) is 1. The summed E-state index contributed by atoms with van der Waals surface area (Å²) in [5.74, 6) is -0.187. The molecule has 0 aliphatic rings. The zero-order chi connectivity index (χ0) is 14.6. The molecule has 1 atom stereocenters. The number of aryl methyl sites for hydroxylation is 1. The lowest BCUT2D eigenvalue weighted by atomic mass is 9.92. The van der Waals surface area contributed by atoms with Crippen LogP contribution in [-0.2, 0) is 16.9 Å². The standard InChI is InChI=1S/C15H20N4O/c1-12-10-18-19(11-12)9-8-17-14(20)15(2,16)13-6-4-3-5-7-13/h3-7,10-11H,8-9,16H2,1-2H3,(H,17,20). The lowest BCUT2D eigenvalue weighted by molar-refractivity contribution is -0.126. The Bertz CT molecular complexity index is 575. The third-order valence-electron chi connectivity index (χ3n) is 3.23. The second kappa shape index (κ2) is 5.88. The van der Waals surface area contributed by atoms with Gasteiger partial charge in [0.05, 0.1) is 12.7 Å². The molecular formula is C15H20N4O. The highest BCUT2D eigenvalue weighted by Crippen LogP contribution is 2.17. The molecule has 0 bridgehead atoms. The van der Waals surface area contributed by atoms with Crippen LogP contribution in [0.2, 0.25) is 0 Å². The van der Waals surface area contributed by atoms with Gasteiger partial charge in [-0.1, -0.05) is 30.3 Å². The van der Waals surface area contributed by atoms with Gasteiger partial charge in [-0.3, -0.25) is 9.48 Å². The summed E-state index contributed by atoms with van der Waals surface area (Å²) >= 11 is 0. The van der Waals surface area contributed by atoms with Crippen LogP contribution in [0.5, 0.6) is 0 Å². The molecule has 0 aliphatic heterocycles. The second-order valence-corrected chi connectivity index (χ2v) is 5.11. The van der Waals surface area contributed by atoms with Gasteiger partial charge in [0, 0.05) is 12.7 Å². The third-order valence-corrected chi connectivity index (χ3v) is 3.23. The average molecular weight is 272 g/mol. The minimum Gasteiger partial charge on any atom is -0.352 e. The Morgan fingerprint density at radius 3 is 2.70 bits per heavy atom. The fourth-order valence-corrected chi connectivity index (χ4v) is 1.97. The molecule has 2 rings (SSSR count). The minimum atomic E-state index is -1.03. The molecule has 0 saturated heterocycles. The molecule has 1 aromatic carbocycles. The van der Waals surface area contributed by atoms with Crippen molar-refractivity contribution in [1.82, 2.24) is 15.1 Å². The molecule has 20 heavy (non-hydrogen) atoms. The van der Waals surface area contributed by atoms with Crippen molar-refractivity contribution in [2.45, 2.75) is 25.9 Å². The molecule has 1 amide bonds. The summed E-state index contributed by atoms with van der Waals surface area (Å²) < 4.78 is 1.80. The van der Waals surface area contributed by atoms with Crippen LogP contribution in [0.3, 0.4) is 0 Å². The summed E-state index contributed by atoms with van der Waals surface area (Å²) in [6.07, 6.45) is 3.73. The van der Waals surface area contributed by atoms with Crippen LogP contribution >= 0.6 is 0 Å². The van der Waals surface area contributed by atoms with E-state index in [1.54, 1.807) is 17.8 Å². The number of carbonyl (C=O) groups is 1. The summed E-state index contributed by atoms with van der Waals surface area (Å²) in [5.41, 5.74) is 7.00. The lowest BCUT2D eigenvalue weighted by Crippen LogP contribution is -2.49. The molecule has 1 aromatic heterocycles. The molecular weight excluding hydrogens is 252 g/mol. The molecule has 1 unspecified atom stereocenters. The maximum atomic E-state index is 12.2. The van der Waals surface area contributed by atoms with E-state index in [0.29, 0.717) is 13.1 Å². The Balaban J connectivity index is 1.91. The molecule has 5 nitrogen and oxygen atoms in total. The lowest BCUT2D eigenvalue weighted by Gasteiger charge is -2.24. The monoisotopic (exact) mass is 272 g/mol. The van der Waals surface area contributed by atoms with Crippen molar-refractivity contribution in [3.63, 3.8) is 0 Å². The fourth-order valence-electron chi connectivity index (χ4n) is 1.97. The number of carbonyl (C=O) groups excluding carboxylic acids is 1. The summed E-state index contributed by atoms with van der Waals surface area (Å²) in [6, 6.07) is 9.37. The highest BCUT2D eigenvalue weighted by molar-refractivity contribution is 5.86. The number of nitrogens with zero attached hydrogens (tertiary/aromatic N) is 2. The quantitative estimate of drug-likeness (QED) is 0.858. The van der Waals surface area contributed by atoms with E-state index in [0.717, 1.165) is 11.1 Å². The first-order chi connectivity index (χ1) is 9.50. The third kappa shape index (κ3) is 3.24. The van der Waals surface area contributed by atoms with Crippen LogP contribution < -0.4 is 11.1 Å². The van der Waals surface area contributed by atoms with Crippen LogP contribution in [0, 0.1) is 6.92 Å². The number of aromatic nitrogens is 2. The predicted molar refractivity (Wildman–Crippen MR) is 78.0 cm³/mol. The van der Waals surface area contributed by atoms with E-state index in [-0.39, 0.29) is 5.91 Å². The van der Waals surface area contributed by atoms with E-state index >= 15 is 0 Å². The number of amides is 1. The smallest absolute Gasteiger partial charge is 0.244 e. The first kappa shape index (κ1) is 14.3. The van der Waals surface area contributed by atoms with Crippen molar-refractivity contribution in [2.75, 3.05) is 6.54 Å². The van der Waals surface area contributed by atoms with Gasteiger partial charge in [0.2, 0.25) is 5.91 Å². The van der Waals surface area contributed by atoms with Crippen LogP contribution in [-0.4, -0.2) is 22.2 Å². The summed E-state index contributed by atoms with van der Waals surface area (Å²) in [7, 11) is 0. The largest absolute Gasteiger partial charge is 0.352 e. The molecule has 1 heterocycles. The van der Waals surface area contributed by atoms with Crippen molar-refractivity contribution in [3.8, 4) is 0 Å². The van der Waals surface area contributed by atoms with Crippen molar-refractivity contribution in [2.24, 2.45) is 5.73 Å². The van der Waals surface area contributed by atoms with E-state index in [2.05, 4.69) is 10.4 Å². The van der Waals surface area contributed by atoms with Gasteiger partial charge in [0.25, 0.3) is 0 Å². The van der Waals surface area contributed by atoms with Gasteiger partial charge in [-0.15, -0.1) is 0 Å². The predicted octanol–water partition coefficient (Wildman–Crippen LogP) is 1.18. The van der Waals surface area contributed by atoms with Crippen LogP contribution in [0.25, 0.3) is 0 Å². The van der Waals surface area contributed by atoms with Gasteiger partial charge in [0.15, 0.2) is 0 Å². The van der Waals surface area contributed by atoms with E-state index < -0.39 is 5.54 Å². The molecule has 0 radical (unpaired) electrons. The Hall–Kier alpha value is -2.14. The Labute approximate surface area is 118 Å². The number of nitrogens with one attached hydrogen (secondary N) is 1. The Kier molecular flexibility index (Phi) is 4.20. The van der Waals surface area contributed by atoms with Crippen molar-refractivity contribution < 1.29 is 4.79 Å². The minimum absolute atomic E-state index is 0.187. The van der Waals surface area contributed by atoms with Gasteiger partial charge >= 0.3 is 0 Å². The van der Waals surface area contributed by atoms with Crippen LogP contribution in [0.1, 0.15) is 18.1 Å². The number of benzene rings is 1. The van der Waals surface area contributed by atoms with Crippen molar-refractivity contribution in [3.05, 3.63) is 53.9 Å². The molecule has 2 aromatic rings. The molecule has 106 valence electrons. The van der Waals surface area contributed by atoms with Crippen molar-refractivity contribution in [1.29, 1.82) is 0 Å². The number of hydrogen-bond donors (Lipinski definition) is 2. The Morgan fingerprint density at radius 2 is 2.10 bits per heavy atom. The fraction of sp³-hybridized carbons (Fsp3) is 0.333. The zero-order valence-corrected chi connectivity index (χ0v) is 11.8. The second-order valence-electron chi connectivity index (χ2n) is 5.11. The molecule has 0 fully saturated rings. The van der Waals surface area contributed by atoms with Crippen molar-refractivity contribution >= 4 is 5.91 Å². The number of rotatable bonds is 5. The van der Waals surface area contributed by atoms with Gasteiger partial charge in [0.1, 0.15) is 5.54 Å². The first-order valence-electron chi connectivity index (χ1n) is 6.62. The molecule has 0 aliphatic carbocycles. The maximum absolute atomic E-state index is 12.2. The van der Waals surface area contributed by atoms with E-state index in [9.17, 15) is 4.79 Å². The van der Waals surface area contributed by atoms with Gasteiger partial charge in [-0.2, -0.15) is 5.10 Å². The molecule has 3 N–H and O–H groups in total. The van der Waals surface area contributed by atoms with Gasteiger partial charge in [-0.05, 0) is 25.0 Å². The van der Waals surface area contributed by atoms with Gasteiger partial charge in [-0.25, -0.2) is 0 Å². The highest BCUT2D eigenvalue weighted by Gasteiger charge is 2.29. The topological polar surface area (TPSA) is 72.9 Å². The average Bonchev–Trinajstić information content (AvgIpc) is 2.85. The van der Waals surface area contributed by atoms with Crippen LogP contribution in [0.4, 0.5) is 0 Å². The molecule has 5 heteroatoms. The van der Waals surface area contributed by atoms with E-state index in [1.807, 2.05) is 43.5 Å². The molecule has 0 spiro atoms. The normalized spacial score (nSPS) is 13.8. The maximum Gasteiger partial charge on any atom is 0.244 e. The summed E-state index contributed by atoms with van der Waals surface area (Å²) in [5, 5.41) is 7.02. The van der Waals surface area contributed by atoms with Gasteiger partial charge < -0.3 is 11.1 Å².